The maximum Gasteiger partial charge on any atom is 0.254 e. The fourth-order valence-corrected chi connectivity index (χ4v) is 4.96. The molecule has 4 nitrogen and oxygen atoms in total. The van der Waals surface area contributed by atoms with Gasteiger partial charge in [0.2, 0.25) is 0 Å². The van der Waals surface area contributed by atoms with Crippen molar-refractivity contribution >= 4 is 5.91 Å². The number of morpholine rings is 1. The minimum atomic E-state index is -0.230. The largest absolute Gasteiger partial charge is 0.364 e. The van der Waals surface area contributed by atoms with Crippen molar-refractivity contribution in [2.45, 2.75) is 43.4 Å². The average molecular weight is 377 g/mol. The Labute approximate surface area is 167 Å². The lowest BCUT2D eigenvalue weighted by Crippen LogP contribution is -2.63. The zero-order valence-electron chi connectivity index (χ0n) is 16.3. The summed E-state index contributed by atoms with van der Waals surface area (Å²) in [6.45, 7) is 4.39. The van der Waals surface area contributed by atoms with Gasteiger partial charge in [0.1, 0.15) is 0 Å². The Balaban J connectivity index is 1.35. The first-order valence-electron chi connectivity index (χ1n) is 10.5. The number of benzene rings is 2. The van der Waals surface area contributed by atoms with Gasteiger partial charge in [0.05, 0.1) is 24.3 Å². The SMILES string of the molecule is O=C(c1ccccc1)N1CC2(CC2)OC2(CCCN(Cc3ccccc3)C2)C1. The standard InChI is InChI=1S/C24H28N2O2/c27-22(21-10-5-2-6-11-21)26-18-23(13-14-23)28-24(19-26)12-7-15-25(17-24)16-20-8-3-1-4-9-20/h1-6,8-11H,7,12-19H2. The summed E-state index contributed by atoms with van der Waals surface area (Å²) in [5.74, 6) is 0.148. The maximum atomic E-state index is 13.2. The molecule has 2 saturated heterocycles. The highest BCUT2D eigenvalue weighted by Gasteiger charge is 2.57. The molecule has 1 atom stereocenters. The number of amides is 1. The number of hydrogen-bond donors (Lipinski definition) is 0. The van der Waals surface area contributed by atoms with Crippen LogP contribution in [0.25, 0.3) is 0 Å². The third-order valence-electron chi connectivity index (χ3n) is 6.37. The molecule has 0 bridgehead atoms. The molecule has 28 heavy (non-hydrogen) atoms. The van der Waals surface area contributed by atoms with Crippen LogP contribution in [0.2, 0.25) is 0 Å². The van der Waals surface area contributed by atoms with E-state index in [0.717, 1.165) is 57.4 Å². The summed E-state index contributed by atoms with van der Waals surface area (Å²) in [7, 11) is 0. The molecule has 5 rings (SSSR count). The lowest BCUT2D eigenvalue weighted by Gasteiger charge is -2.51. The molecule has 2 aromatic rings. The van der Waals surface area contributed by atoms with Gasteiger partial charge in [-0.2, -0.15) is 0 Å². The minimum Gasteiger partial charge on any atom is -0.364 e. The van der Waals surface area contributed by atoms with E-state index in [0.29, 0.717) is 6.54 Å². The fourth-order valence-electron chi connectivity index (χ4n) is 4.96. The summed E-state index contributed by atoms with van der Waals surface area (Å²) >= 11 is 0. The lowest BCUT2D eigenvalue weighted by atomic mass is 9.89. The van der Waals surface area contributed by atoms with Crippen LogP contribution in [-0.2, 0) is 11.3 Å². The van der Waals surface area contributed by atoms with E-state index in [2.05, 4.69) is 40.1 Å². The van der Waals surface area contributed by atoms with E-state index >= 15 is 0 Å². The number of ether oxygens (including phenoxy) is 1. The number of hydrogen-bond acceptors (Lipinski definition) is 3. The molecule has 0 radical (unpaired) electrons. The Bertz CT molecular complexity index is 834. The van der Waals surface area contributed by atoms with E-state index in [1.54, 1.807) is 0 Å². The summed E-state index contributed by atoms with van der Waals surface area (Å²) < 4.78 is 6.76. The zero-order valence-corrected chi connectivity index (χ0v) is 16.3. The normalized spacial score (nSPS) is 26.5. The number of piperidine rings is 1. The summed E-state index contributed by atoms with van der Waals surface area (Å²) in [4.78, 5) is 17.7. The molecule has 4 heteroatoms. The van der Waals surface area contributed by atoms with E-state index in [4.69, 9.17) is 4.74 Å². The van der Waals surface area contributed by atoms with Gasteiger partial charge in [-0.05, 0) is 49.9 Å². The molecule has 0 aromatic heterocycles. The van der Waals surface area contributed by atoms with Crippen molar-refractivity contribution in [3.8, 4) is 0 Å². The molecule has 0 N–H and O–H groups in total. The van der Waals surface area contributed by atoms with Crippen LogP contribution in [-0.4, -0.2) is 53.1 Å². The van der Waals surface area contributed by atoms with Gasteiger partial charge in [-0.1, -0.05) is 48.5 Å². The van der Waals surface area contributed by atoms with Crippen LogP contribution in [0.1, 0.15) is 41.6 Å². The second kappa shape index (κ2) is 7.02. The Morgan fingerprint density at radius 1 is 0.857 bits per heavy atom. The summed E-state index contributed by atoms with van der Waals surface area (Å²) in [5.41, 5.74) is 1.80. The first-order valence-corrected chi connectivity index (χ1v) is 10.5. The molecular weight excluding hydrogens is 348 g/mol. The molecular formula is C24H28N2O2. The van der Waals surface area contributed by atoms with E-state index in [9.17, 15) is 4.79 Å². The van der Waals surface area contributed by atoms with Crippen LogP contribution >= 0.6 is 0 Å². The molecule has 2 aromatic carbocycles. The summed E-state index contributed by atoms with van der Waals surface area (Å²) in [6, 6.07) is 20.3. The van der Waals surface area contributed by atoms with E-state index in [1.165, 1.54) is 5.56 Å². The van der Waals surface area contributed by atoms with E-state index in [-0.39, 0.29) is 17.1 Å². The van der Waals surface area contributed by atoms with E-state index < -0.39 is 0 Å². The second-order valence-electron chi connectivity index (χ2n) is 8.80. The van der Waals surface area contributed by atoms with Gasteiger partial charge in [0, 0.05) is 18.7 Å². The van der Waals surface area contributed by atoms with Crippen molar-refractivity contribution in [3.05, 3.63) is 71.8 Å². The quantitative estimate of drug-likeness (QED) is 0.818. The van der Waals surface area contributed by atoms with E-state index in [1.807, 2.05) is 30.3 Å². The number of likely N-dealkylation sites (tertiary alicyclic amines) is 1. The third-order valence-corrected chi connectivity index (χ3v) is 6.37. The Hall–Kier alpha value is -2.17. The first kappa shape index (κ1) is 17.9. The molecule has 3 fully saturated rings. The van der Waals surface area contributed by atoms with Gasteiger partial charge >= 0.3 is 0 Å². The minimum absolute atomic E-state index is 0.0988. The Morgan fingerprint density at radius 3 is 2.25 bits per heavy atom. The molecule has 2 aliphatic heterocycles. The molecule has 1 unspecified atom stereocenters. The molecule has 1 saturated carbocycles. The maximum absolute atomic E-state index is 13.2. The lowest BCUT2D eigenvalue weighted by molar-refractivity contribution is -0.183. The van der Waals surface area contributed by atoms with Gasteiger partial charge < -0.3 is 9.64 Å². The Morgan fingerprint density at radius 2 is 1.54 bits per heavy atom. The molecule has 1 aliphatic carbocycles. The number of carbonyl (C=O) groups excluding carboxylic acids is 1. The average Bonchev–Trinajstić information content (AvgIpc) is 3.46. The molecule has 2 heterocycles. The highest BCUT2D eigenvalue weighted by atomic mass is 16.5. The van der Waals surface area contributed by atoms with Crippen LogP contribution < -0.4 is 0 Å². The van der Waals surface area contributed by atoms with Crippen molar-refractivity contribution in [3.63, 3.8) is 0 Å². The first-order chi connectivity index (χ1) is 13.7. The monoisotopic (exact) mass is 376 g/mol. The number of carbonyl (C=O) groups is 1. The third kappa shape index (κ3) is 3.59. The predicted octanol–water partition coefficient (Wildman–Crippen LogP) is 3.73. The highest BCUT2D eigenvalue weighted by molar-refractivity contribution is 5.94. The van der Waals surface area contributed by atoms with Crippen molar-refractivity contribution in [1.29, 1.82) is 0 Å². The molecule has 146 valence electrons. The van der Waals surface area contributed by atoms with Gasteiger partial charge in [-0.15, -0.1) is 0 Å². The topological polar surface area (TPSA) is 32.8 Å². The van der Waals surface area contributed by atoms with Crippen LogP contribution in [0.5, 0.6) is 0 Å². The van der Waals surface area contributed by atoms with Crippen LogP contribution in [0.4, 0.5) is 0 Å². The second-order valence-corrected chi connectivity index (χ2v) is 8.80. The van der Waals surface area contributed by atoms with Gasteiger partial charge in [-0.3, -0.25) is 9.69 Å². The zero-order chi connectivity index (χ0) is 19.0. The van der Waals surface area contributed by atoms with Gasteiger partial charge in [0.25, 0.3) is 5.91 Å². The van der Waals surface area contributed by atoms with Crippen molar-refractivity contribution in [2.75, 3.05) is 26.2 Å². The smallest absolute Gasteiger partial charge is 0.254 e. The molecule has 3 aliphatic rings. The Kier molecular flexibility index (Phi) is 4.48. The fraction of sp³-hybridized carbons (Fsp3) is 0.458. The van der Waals surface area contributed by atoms with Gasteiger partial charge in [-0.25, -0.2) is 0 Å². The summed E-state index contributed by atoms with van der Waals surface area (Å²) in [5, 5.41) is 0. The van der Waals surface area contributed by atoms with Crippen LogP contribution in [0.3, 0.4) is 0 Å². The molecule has 2 spiro atoms. The van der Waals surface area contributed by atoms with Crippen molar-refractivity contribution in [2.24, 2.45) is 0 Å². The van der Waals surface area contributed by atoms with Crippen molar-refractivity contribution in [1.82, 2.24) is 9.80 Å². The highest BCUT2D eigenvalue weighted by Crippen LogP contribution is 2.48. The van der Waals surface area contributed by atoms with Crippen LogP contribution in [0, 0.1) is 0 Å². The molecule has 1 amide bonds. The number of rotatable bonds is 3. The summed E-state index contributed by atoms with van der Waals surface area (Å²) in [6.07, 6.45) is 4.31. The van der Waals surface area contributed by atoms with Crippen LogP contribution in [0.15, 0.2) is 60.7 Å². The number of nitrogens with zero attached hydrogens (tertiary/aromatic N) is 2. The predicted molar refractivity (Wildman–Crippen MR) is 109 cm³/mol. The van der Waals surface area contributed by atoms with Gasteiger partial charge in [0.15, 0.2) is 0 Å². The van der Waals surface area contributed by atoms with Crippen molar-refractivity contribution < 1.29 is 9.53 Å².